The van der Waals surface area contributed by atoms with Crippen molar-refractivity contribution in [2.45, 2.75) is 13.3 Å². The van der Waals surface area contributed by atoms with Gasteiger partial charge < -0.3 is 5.11 Å². The zero-order valence-corrected chi connectivity index (χ0v) is 11.9. The molecule has 0 aliphatic carbocycles. The highest BCUT2D eigenvalue weighted by Gasteiger charge is 2.21. The molecule has 0 radical (unpaired) electrons. The first-order valence-corrected chi connectivity index (χ1v) is 6.48. The van der Waals surface area contributed by atoms with Gasteiger partial charge in [0.2, 0.25) is 0 Å². The molecule has 1 atom stereocenters. The topological polar surface area (TPSA) is 141 Å². The molecule has 0 fully saturated rings. The average molecular weight is 320 g/mol. The van der Waals surface area contributed by atoms with Crippen molar-refractivity contribution in [2.75, 3.05) is 0 Å². The van der Waals surface area contributed by atoms with Crippen LogP contribution in [0.4, 0.5) is 11.4 Å². The highest BCUT2D eigenvalue weighted by atomic mass is 16.6. The fourth-order valence-corrected chi connectivity index (χ4v) is 1.99. The number of hydrogen-bond acceptors (Lipinski definition) is 6. The smallest absolute Gasteiger partial charge is 0.306 e. The molecule has 2 aromatic rings. The number of nitro groups is 2. The lowest BCUT2D eigenvalue weighted by Crippen LogP contribution is -2.12. The van der Waals surface area contributed by atoms with Crippen molar-refractivity contribution in [1.82, 2.24) is 9.55 Å². The number of rotatable bonds is 6. The van der Waals surface area contributed by atoms with Crippen LogP contribution < -0.4 is 0 Å². The number of non-ortho nitro benzene ring substituents is 1. The Hall–Kier alpha value is -3.30. The second kappa shape index (κ2) is 6.22. The third kappa shape index (κ3) is 3.48. The maximum Gasteiger partial charge on any atom is 0.306 e. The Morgan fingerprint density at radius 3 is 2.61 bits per heavy atom. The number of nitrogens with zero attached hydrogens (tertiary/aromatic N) is 4. The second-order valence-electron chi connectivity index (χ2n) is 4.90. The number of imidazole rings is 1. The summed E-state index contributed by atoms with van der Waals surface area (Å²) < 4.78 is 1.34. The van der Waals surface area contributed by atoms with Crippen LogP contribution in [0.15, 0.2) is 30.7 Å². The van der Waals surface area contributed by atoms with Crippen LogP contribution in [0.2, 0.25) is 0 Å². The van der Waals surface area contributed by atoms with Crippen LogP contribution in [0.1, 0.15) is 12.6 Å². The predicted molar refractivity (Wildman–Crippen MR) is 77.4 cm³/mol. The van der Waals surface area contributed by atoms with Gasteiger partial charge in [-0.15, -0.1) is 0 Å². The van der Waals surface area contributed by atoms with Crippen LogP contribution in [0.3, 0.4) is 0 Å². The molecule has 1 aromatic heterocycles. The summed E-state index contributed by atoms with van der Waals surface area (Å²) in [6.07, 6.45) is 2.94. The fourth-order valence-electron chi connectivity index (χ4n) is 1.99. The van der Waals surface area contributed by atoms with Gasteiger partial charge in [0, 0.05) is 18.7 Å². The maximum absolute atomic E-state index is 11.1. The molecule has 10 nitrogen and oxygen atoms in total. The average Bonchev–Trinajstić information content (AvgIpc) is 2.94. The van der Waals surface area contributed by atoms with E-state index in [2.05, 4.69) is 4.98 Å². The summed E-state index contributed by atoms with van der Waals surface area (Å²) in [6.45, 7) is 1.52. The van der Waals surface area contributed by atoms with Crippen molar-refractivity contribution >= 4 is 17.3 Å². The zero-order valence-electron chi connectivity index (χ0n) is 11.9. The minimum absolute atomic E-state index is 0.113. The molecule has 0 spiro atoms. The molecule has 0 saturated heterocycles. The van der Waals surface area contributed by atoms with Gasteiger partial charge in [-0.1, -0.05) is 6.92 Å². The lowest BCUT2D eigenvalue weighted by atomic mass is 10.1. The van der Waals surface area contributed by atoms with E-state index in [0.29, 0.717) is 5.69 Å². The number of nitro benzene ring substituents is 2. The van der Waals surface area contributed by atoms with E-state index < -0.39 is 27.4 Å². The summed E-state index contributed by atoms with van der Waals surface area (Å²) in [5, 5.41) is 30.7. The first-order chi connectivity index (χ1) is 10.8. The highest BCUT2D eigenvalue weighted by molar-refractivity contribution is 5.69. The molecule has 0 unspecified atom stereocenters. The van der Waals surface area contributed by atoms with Crippen molar-refractivity contribution in [1.29, 1.82) is 0 Å². The zero-order chi connectivity index (χ0) is 17.1. The van der Waals surface area contributed by atoms with Gasteiger partial charge in [-0.25, -0.2) is 4.98 Å². The quantitative estimate of drug-likeness (QED) is 0.633. The SMILES string of the molecule is C[C@H](Cc1cn(-c2ccc([N+](=O)[O-])cc2[N+](=O)[O-])cn1)C(=O)O. The van der Waals surface area contributed by atoms with Crippen LogP contribution in [-0.4, -0.2) is 30.5 Å². The van der Waals surface area contributed by atoms with E-state index in [-0.39, 0.29) is 17.8 Å². The fraction of sp³-hybridized carbons (Fsp3) is 0.231. The predicted octanol–water partition coefficient (Wildman–Crippen LogP) is 1.95. The Kier molecular flexibility index (Phi) is 4.35. The number of carbonyl (C=O) groups is 1. The minimum atomic E-state index is -0.971. The summed E-state index contributed by atoms with van der Waals surface area (Å²) in [5.41, 5.74) is -0.260. The summed E-state index contributed by atoms with van der Waals surface area (Å²) in [4.78, 5) is 35.3. The Bertz CT molecular complexity index is 785. The third-order valence-electron chi connectivity index (χ3n) is 3.22. The number of benzene rings is 1. The van der Waals surface area contributed by atoms with Gasteiger partial charge in [-0.3, -0.25) is 29.6 Å². The normalized spacial score (nSPS) is 11.9. The van der Waals surface area contributed by atoms with E-state index in [1.807, 2.05) is 0 Å². The molecule has 23 heavy (non-hydrogen) atoms. The van der Waals surface area contributed by atoms with Gasteiger partial charge in [0.1, 0.15) is 5.69 Å². The first kappa shape index (κ1) is 16.1. The lowest BCUT2D eigenvalue weighted by Gasteiger charge is -2.04. The maximum atomic E-state index is 11.1. The monoisotopic (exact) mass is 320 g/mol. The van der Waals surface area contributed by atoms with Crippen LogP contribution in [0, 0.1) is 26.1 Å². The van der Waals surface area contributed by atoms with Crippen molar-refractivity contribution in [3.8, 4) is 5.69 Å². The second-order valence-corrected chi connectivity index (χ2v) is 4.90. The molecule has 1 heterocycles. The summed E-state index contributed by atoms with van der Waals surface area (Å²) >= 11 is 0. The van der Waals surface area contributed by atoms with Gasteiger partial charge >= 0.3 is 5.97 Å². The molecule has 10 heteroatoms. The van der Waals surface area contributed by atoms with Crippen molar-refractivity contribution in [3.63, 3.8) is 0 Å². The molecule has 0 bridgehead atoms. The molecule has 0 amide bonds. The molecule has 120 valence electrons. The summed E-state index contributed by atoms with van der Waals surface area (Å²) in [6, 6.07) is 3.28. The number of hydrogen-bond donors (Lipinski definition) is 1. The lowest BCUT2D eigenvalue weighted by molar-refractivity contribution is -0.394. The molecule has 2 rings (SSSR count). The van der Waals surface area contributed by atoms with E-state index in [9.17, 15) is 25.0 Å². The molecule has 1 aromatic carbocycles. The van der Waals surface area contributed by atoms with E-state index >= 15 is 0 Å². The Morgan fingerprint density at radius 2 is 2.04 bits per heavy atom. The Balaban J connectivity index is 2.39. The Labute approximate surface area is 129 Å². The first-order valence-electron chi connectivity index (χ1n) is 6.48. The number of carboxylic acids is 1. The van der Waals surface area contributed by atoms with E-state index in [1.54, 1.807) is 0 Å². The van der Waals surface area contributed by atoms with E-state index in [0.717, 1.165) is 12.1 Å². The van der Waals surface area contributed by atoms with Gasteiger partial charge in [-0.2, -0.15) is 0 Å². The van der Waals surface area contributed by atoms with E-state index in [4.69, 9.17) is 5.11 Å². The third-order valence-corrected chi connectivity index (χ3v) is 3.22. The molecule has 0 saturated carbocycles. The number of aromatic nitrogens is 2. The number of carboxylic acid groups (broad SMARTS) is 1. The minimum Gasteiger partial charge on any atom is -0.481 e. The standard InChI is InChI=1S/C13H12N4O6/c1-8(13(18)19)4-9-6-15(7-14-9)11-3-2-10(16(20)21)5-12(11)17(22)23/h2-3,5-8H,4H2,1H3,(H,18,19)/t8-/m1/s1. The van der Waals surface area contributed by atoms with Crippen molar-refractivity contribution in [2.24, 2.45) is 5.92 Å². The molecule has 0 aliphatic rings. The highest BCUT2D eigenvalue weighted by Crippen LogP contribution is 2.28. The summed E-state index contributed by atoms with van der Waals surface area (Å²) in [7, 11) is 0. The van der Waals surface area contributed by atoms with Gasteiger partial charge in [-0.05, 0) is 6.07 Å². The van der Waals surface area contributed by atoms with Crippen LogP contribution in [0.5, 0.6) is 0 Å². The van der Waals surface area contributed by atoms with Crippen molar-refractivity contribution < 1.29 is 19.7 Å². The molecule has 1 N–H and O–H groups in total. The largest absolute Gasteiger partial charge is 0.481 e. The van der Waals surface area contributed by atoms with Crippen molar-refractivity contribution in [3.05, 3.63) is 56.6 Å². The number of aliphatic carboxylic acids is 1. The summed E-state index contributed by atoms with van der Waals surface area (Å²) in [5.74, 6) is -1.62. The van der Waals surface area contributed by atoms with Crippen LogP contribution in [0.25, 0.3) is 5.69 Å². The molecular formula is C13H12N4O6. The van der Waals surface area contributed by atoms with Crippen LogP contribution >= 0.6 is 0 Å². The van der Waals surface area contributed by atoms with Gasteiger partial charge in [0.15, 0.2) is 0 Å². The van der Waals surface area contributed by atoms with Gasteiger partial charge in [0.25, 0.3) is 11.4 Å². The molecular weight excluding hydrogens is 308 g/mol. The molecule has 0 aliphatic heterocycles. The Morgan fingerprint density at radius 1 is 1.35 bits per heavy atom. The van der Waals surface area contributed by atoms with Gasteiger partial charge in [0.05, 0.1) is 33.9 Å². The van der Waals surface area contributed by atoms with Crippen LogP contribution in [-0.2, 0) is 11.2 Å². The van der Waals surface area contributed by atoms with E-state index in [1.165, 1.54) is 30.1 Å².